The van der Waals surface area contributed by atoms with Gasteiger partial charge in [-0.05, 0) is 61.3 Å². The summed E-state index contributed by atoms with van der Waals surface area (Å²) in [5.74, 6) is 1.10. The highest BCUT2D eigenvalue weighted by atomic mass is 35.5. The van der Waals surface area contributed by atoms with Crippen LogP contribution in [0.3, 0.4) is 0 Å². The van der Waals surface area contributed by atoms with Gasteiger partial charge in [-0.2, -0.15) is 0 Å². The number of hydrogen-bond donors (Lipinski definition) is 1. The van der Waals surface area contributed by atoms with Crippen LogP contribution in [0.1, 0.15) is 31.2 Å². The summed E-state index contributed by atoms with van der Waals surface area (Å²) in [5.41, 5.74) is 0.790. The van der Waals surface area contributed by atoms with Gasteiger partial charge >= 0.3 is 0 Å². The second-order valence-electron chi connectivity index (χ2n) is 6.01. The maximum Gasteiger partial charge on any atom is 0.123 e. The lowest BCUT2D eigenvalue weighted by atomic mass is 9.70. The van der Waals surface area contributed by atoms with Gasteiger partial charge in [0.2, 0.25) is 0 Å². The van der Waals surface area contributed by atoms with Crippen LogP contribution in [-0.4, -0.2) is 11.7 Å². The molecule has 98 valence electrons. The Morgan fingerprint density at radius 3 is 2.83 bits per heavy atom. The Morgan fingerprint density at radius 1 is 1.39 bits per heavy atom. The molecule has 1 N–H and O–H groups in total. The smallest absolute Gasteiger partial charge is 0.123 e. The third-order valence-corrected chi connectivity index (χ3v) is 5.34. The van der Waals surface area contributed by atoms with Crippen LogP contribution < -0.4 is 0 Å². The maximum absolute atomic E-state index is 13.3. The summed E-state index contributed by atoms with van der Waals surface area (Å²) in [6.45, 7) is 0.195. The standard InChI is InChI=1S/C15H18ClFO/c16-14-4-3-13(17)6-11(14)8-15(9-18)7-10-1-2-12(15)5-10/h3-4,6,10,12,18H,1-2,5,7-9H2. The normalized spacial score (nSPS) is 34.2. The van der Waals surface area contributed by atoms with E-state index in [0.717, 1.165) is 17.9 Å². The van der Waals surface area contributed by atoms with Gasteiger partial charge in [-0.1, -0.05) is 18.0 Å². The van der Waals surface area contributed by atoms with Gasteiger partial charge in [0.05, 0.1) is 0 Å². The molecule has 0 aliphatic heterocycles. The summed E-state index contributed by atoms with van der Waals surface area (Å²) in [4.78, 5) is 0. The fourth-order valence-electron chi connectivity index (χ4n) is 4.08. The Balaban J connectivity index is 1.88. The zero-order chi connectivity index (χ0) is 12.8. The van der Waals surface area contributed by atoms with Crippen LogP contribution in [0.4, 0.5) is 4.39 Å². The Hall–Kier alpha value is -0.600. The average molecular weight is 269 g/mol. The summed E-state index contributed by atoms with van der Waals surface area (Å²) in [7, 11) is 0. The van der Waals surface area contributed by atoms with Crippen LogP contribution in [0.5, 0.6) is 0 Å². The number of fused-ring (bicyclic) bond motifs is 2. The molecule has 2 saturated carbocycles. The van der Waals surface area contributed by atoms with E-state index in [0.29, 0.717) is 17.4 Å². The van der Waals surface area contributed by atoms with Crippen LogP contribution in [0.15, 0.2) is 18.2 Å². The predicted octanol–water partition coefficient (Wildman–Crippen LogP) is 3.82. The van der Waals surface area contributed by atoms with Crippen LogP contribution in [-0.2, 0) is 6.42 Å². The number of aliphatic hydroxyl groups is 1. The van der Waals surface area contributed by atoms with Crippen molar-refractivity contribution in [2.45, 2.75) is 32.1 Å². The molecule has 0 radical (unpaired) electrons. The number of rotatable bonds is 3. The minimum atomic E-state index is -0.245. The minimum Gasteiger partial charge on any atom is -0.396 e. The monoisotopic (exact) mass is 268 g/mol. The summed E-state index contributed by atoms with van der Waals surface area (Å²) in [6, 6.07) is 4.52. The van der Waals surface area contributed by atoms with E-state index in [1.54, 1.807) is 6.07 Å². The van der Waals surface area contributed by atoms with E-state index in [2.05, 4.69) is 0 Å². The van der Waals surface area contributed by atoms with E-state index in [1.807, 2.05) is 0 Å². The van der Waals surface area contributed by atoms with Crippen molar-refractivity contribution in [1.82, 2.24) is 0 Å². The Bertz CT molecular complexity index is 462. The van der Waals surface area contributed by atoms with Gasteiger partial charge in [-0.3, -0.25) is 0 Å². The number of halogens is 2. The highest BCUT2D eigenvalue weighted by Crippen LogP contribution is 2.57. The zero-order valence-corrected chi connectivity index (χ0v) is 11.1. The lowest BCUT2D eigenvalue weighted by molar-refractivity contribution is 0.0651. The number of hydrogen-bond acceptors (Lipinski definition) is 1. The number of aliphatic hydroxyl groups excluding tert-OH is 1. The van der Waals surface area contributed by atoms with Crippen molar-refractivity contribution in [2.75, 3.05) is 6.61 Å². The largest absolute Gasteiger partial charge is 0.396 e. The van der Waals surface area contributed by atoms with Gasteiger partial charge in [-0.25, -0.2) is 4.39 Å². The molecule has 1 aromatic rings. The molecule has 3 unspecified atom stereocenters. The molecule has 2 bridgehead atoms. The molecule has 3 rings (SSSR count). The Labute approximate surface area is 112 Å². The average Bonchev–Trinajstić information content (AvgIpc) is 2.94. The third kappa shape index (κ3) is 1.96. The summed E-state index contributed by atoms with van der Waals surface area (Å²) in [6.07, 6.45) is 5.51. The topological polar surface area (TPSA) is 20.2 Å². The van der Waals surface area contributed by atoms with E-state index >= 15 is 0 Å². The molecule has 3 heteroatoms. The van der Waals surface area contributed by atoms with Crippen LogP contribution in [0.2, 0.25) is 5.02 Å². The van der Waals surface area contributed by atoms with Gasteiger partial charge in [0, 0.05) is 17.0 Å². The zero-order valence-electron chi connectivity index (χ0n) is 10.3. The Kier molecular flexibility index (Phi) is 3.11. The second kappa shape index (κ2) is 4.50. The van der Waals surface area contributed by atoms with Gasteiger partial charge in [0.25, 0.3) is 0 Å². The van der Waals surface area contributed by atoms with Gasteiger partial charge < -0.3 is 5.11 Å². The molecule has 0 aromatic heterocycles. The molecule has 0 spiro atoms. The molecule has 0 amide bonds. The van der Waals surface area contributed by atoms with Crippen molar-refractivity contribution in [2.24, 2.45) is 17.3 Å². The number of benzene rings is 1. The van der Waals surface area contributed by atoms with E-state index in [-0.39, 0.29) is 17.8 Å². The molecular weight excluding hydrogens is 251 g/mol. The first-order valence-electron chi connectivity index (χ1n) is 6.68. The first kappa shape index (κ1) is 12.4. The van der Waals surface area contributed by atoms with Gasteiger partial charge in [0.15, 0.2) is 0 Å². The molecule has 0 saturated heterocycles. The fraction of sp³-hybridized carbons (Fsp3) is 0.600. The molecule has 3 atom stereocenters. The molecule has 1 aromatic carbocycles. The lowest BCUT2D eigenvalue weighted by Crippen LogP contribution is -2.34. The van der Waals surface area contributed by atoms with E-state index in [4.69, 9.17) is 11.6 Å². The van der Waals surface area contributed by atoms with E-state index in [9.17, 15) is 9.50 Å². The lowest BCUT2D eigenvalue weighted by Gasteiger charge is -2.36. The van der Waals surface area contributed by atoms with Crippen LogP contribution in [0.25, 0.3) is 0 Å². The molecule has 2 aliphatic rings. The SMILES string of the molecule is OCC1(Cc2cc(F)ccc2Cl)CC2CCC1C2. The fourth-order valence-corrected chi connectivity index (χ4v) is 4.27. The summed E-state index contributed by atoms with van der Waals surface area (Å²) >= 11 is 6.15. The highest BCUT2D eigenvalue weighted by molar-refractivity contribution is 6.31. The first-order valence-corrected chi connectivity index (χ1v) is 7.05. The van der Waals surface area contributed by atoms with Crippen molar-refractivity contribution in [3.05, 3.63) is 34.6 Å². The Morgan fingerprint density at radius 2 is 2.22 bits per heavy atom. The van der Waals surface area contributed by atoms with Crippen molar-refractivity contribution < 1.29 is 9.50 Å². The molecule has 2 aliphatic carbocycles. The first-order chi connectivity index (χ1) is 8.63. The predicted molar refractivity (Wildman–Crippen MR) is 70.1 cm³/mol. The quantitative estimate of drug-likeness (QED) is 0.884. The molecule has 0 heterocycles. The highest BCUT2D eigenvalue weighted by Gasteiger charge is 2.50. The van der Waals surface area contributed by atoms with Crippen molar-refractivity contribution in [1.29, 1.82) is 0 Å². The third-order valence-electron chi connectivity index (χ3n) is 4.97. The van der Waals surface area contributed by atoms with E-state index < -0.39 is 0 Å². The van der Waals surface area contributed by atoms with Crippen molar-refractivity contribution >= 4 is 11.6 Å². The molecule has 18 heavy (non-hydrogen) atoms. The van der Waals surface area contributed by atoms with Crippen LogP contribution in [0, 0.1) is 23.1 Å². The van der Waals surface area contributed by atoms with Gasteiger partial charge in [-0.15, -0.1) is 0 Å². The summed E-state index contributed by atoms with van der Waals surface area (Å²) in [5, 5.41) is 10.4. The summed E-state index contributed by atoms with van der Waals surface area (Å²) < 4.78 is 13.3. The molecular formula is C15H18ClFO. The molecule has 1 nitrogen and oxygen atoms in total. The molecule has 2 fully saturated rings. The van der Waals surface area contributed by atoms with Crippen molar-refractivity contribution in [3.63, 3.8) is 0 Å². The van der Waals surface area contributed by atoms with E-state index in [1.165, 1.54) is 31.4 Å². The maximum atomic E-state index is 13.3. The van der Waals surface area contributed by atoms with Crippen molar-refractivity contribution in [3.8, 4) is 0 Å². The second-order valence-corrected chi connectivity index (χ2v) is 6.42. The minimum absolute atomic E-state index is 0.0552. The van der Waals surface area contributed by atoms with Crippen LogP contribution >= 0.6 is 11.6 Å². The van der Waals surface area contributed by atoms with Gasteiger partial charge in [0.1, 0.15) is 5.82 Å².